The van der Waals surface area contributed by atoms with Gasteiger partial charge in [-0.2, -0.15) is 0 Å². The van der Waals surface area contributed by atoms with Crippen LogP contribution in [0.5, 0.6) is 0 Å². The molecule has 0 N–H and O–H groups in total. The van der Waals surface area contributed by atoms with Gasteiger partial charge in [0.2, 0.25) is 0 Å². The molecule has 0 amide bonds. The van der Waals surface area contributed by atoms with E-state index in [1.807, 2.05) is 6.07 Å². The van der Waals surface area contributed by atoms with E-state index in [4.69, 9.17) is 11.6 Å². The fraction of sp³-hybridized carbons (Fsp3) is 0.188. The summed E-state index contributed by atoms with van der Waals surface area (Å²) in [6.45, 7) is 0. The summed E-state index contributed by atoms with van der Waals surface area (Å²) in [5.74, 6) is -0.779. The van der Waals surface area contributed by atoms with Gasteiger partial charge in [0.1, 0.15) is 0 Å². The van der Waals surface area contributed by atoms with Crippen LogP contribution in [0.4, 0.5) is 0 Å². The second-order valence-electron chi connectivity index (χ2n) is 4.70. The van der Waals surface area contributed by atoms with Crippen LogP contribution in [0.3, 0.4) is 0 Å². The third-order valence-corrected chi connectivity index (χ3v) is 5.53. The van der Waals surface area contributed by atoms with Gasteiger partial charge in [-0.1, -0.05) is 41.9 Å². The Labute approximate surface area is 134 Å². The van der Waals surface area contributed by atoms with Gasteiger partial charge >= 0.3 is 5.97 Å². The molecule has 0 fully saturated rings. The van der Waals surface area contributed by atoms with Crippen molar-refractivity contribution in [1.82, 2.24) is 0 Å². The first-order valence-electron chi connectivity index (χ1n) is 6.56. The third kappa shape index (κ3) is 3.67. The van der Waals surface area contributed by atoms with E-state index in [-0.39, 0.29) is 11.3 Å². The smallest absolute Gasteiger partial charge is 0.324 e. The fourth-order valence-electron chi connectivity index (χ4n) is 2.07. The molecule has 0 aliphatic heterocycles. The lowest BCUT2D eigenvalue weighted by Gasteiger charge is -2.16. The predicted octanol–water partition coefficient (Wildman–Crippen LogP) is 2.90. The van der Waals surface area contributed by atoms with Crippen molar-refractivity contribution in [2.45, 2.75) is 16.6 Å². The highest BCUT2D eigenvalue weighted by Gasteiger charge is 2.35. The molecule has 0 saturated heterocycles. The molecule has 4 nitrogen and oxygen atoms in total. The molecule has 6 heteroatoms. The maximum Gasteiger partial charge on any atom is 0.324 e. The van der Waals surface area contributed by atoms with E-state index in [2.05, 4.69) is 4.74 Å². The van der Waals surface area contributed by atoms with Crippen LogP contribution in [0.1, 0.15) is 5.56 Å². The Hall–Kier alpha value is -1.85. The third-order valence-electron chi connectivity index (χ3n) is 3.24. The molecule has 0 aromatic heterocycles. The molecule has 0 unspecified atom stereocenters. The first kappa shape index (κ1) is 16.5. The van der Waals surface area contributed by atoms with E-state index in [9.17, 15) is 13.2 Å². The molecular weight excluding hydrogens is 324 g/mol. The van der Waals surface area contributed by atoms with E-state index >= 15 is 0 Å². The average molecular weight is 339 g/mol. The molecule has 0 aliphatic carbocycles. The zero-order chi connectivity index (χ0) is 16.2. The van der Waals surface area contributed by atoms with E-state index < -0.39 is 21.1 Å². The monoisotopic (exact) mass is 338 g/mol. The maximum atomic E-state index is 12.7. The van der Waals surface area contributed by atoms with Crippen LogP contribution in [-0.4, -0.2) is 26.7 Å². The zero-order valence-electron chi connectivity index (χ0n) is 11.9. The van der Waals surface area contributed by atoms with Gasteiger partial charge in [0, 0.05) is 11.4 Å². The van der Waals surface area contributed by atoms with Gasteiger partial charge in [-0.15, -0.1) is 0 Å². The van der Waals surface area contributed by atoms with Crippen molar-refractivity contribution >= 4 is 27.4 Å². The molecule has 1 atom stereocenters. The van der Waals surface area contributed by atoms with Crippen LogP contribution < -0.4 is 0 Å². The number of carbonyl (C=O) groups excluding carboxylic acids is 1. The van der Waals surface area contributed by atoms with Crippen molar-refractivity contribution in [2.75, 3.05) is 7.11 Å². The summed E-state index contributed by atoms with van der Waals surface area (Å²) in [6.07, 6.45) is 0.0540. The van der Waals surface area contributed by atoms with Crippen LogP contribution in [0.15, 0.2) is 59.5 Å². The molecule has 0 radical (unpaired) electrons. The Kier molecular flexibility index (Phi) is 5.21. The molecule has 2 aromatic rings. The van der Waals surface area contributed by atoms with Gasteiger partial charge in [-0.05, 0) is 29.8 Å². The number of sulfone groups is 1. The van der Waals surface area contributed by atoms with Gasteiger partial charge < -0.3 is 4.74 Å². The van der Waals surface area contributed by atoms with E-state index in [1.54, 1.807) is 24.3 Å². The number of hydrogen-bond donors (Lipinski definition) is 0. The Balaban J connectivity index is 2.40. The van der Waals surface area contributed by atoms with Crippen molar-refractivity contribution in [3.63, 3.8) is 0 Å². The average Bonchev–Trinajstić information content (AvgIpc) is 2.53. The lowest BCUT2D eigenvalue weighted by Crippen LogP contribution is -2.33. The number of hydrogen-bond acceptors (Lipinski definition) is 4. The van der Waals surface area contributed by atoms with E-state index in [1.165, 1.54) is 31.4 Å². The first-order chi connectivity index (χ1) is 10.4. The Morgan fingerprint density at radius 2 is 1.68 bits per heavy atom. The second-order valence-corrected chi connectivity index (χ2v) is 7.27. The van der Waals surface area contributed by atoms with Crippen LogP contribution in [-0.2, 0) is 25.8 Å². The van der Waals surface area contributed by atoms with Crippen LogP contribution in [0.2, 0.25) is 5.02 Å². The molecule has 2 rings (SSSR count). The standard InChI is InChI=1S/C16H15ClO4S/c1-21-16(18)15(11-12-5-3-2-4-6-12)22(19,20)14-9-7-13(17)8-10-14/h2-10,15H,11H2,1H3/t15-/m1/s1. The van der Waals surface area contributed by atoms with Crippen LogP contribution in [0.25, 0.3) is 0 Å². The van der Waals surface area contributed by atoms with Gasteiger partial charge in [0.15, 0.2) is 15.1 Å². The summed E-state index contributed by atoms with van der Waals surface area (Å²) in [7, 11) is -2.68. The minimum absolute atomic E-state index is 0.0447. The molecule has 0 aliphatic rings. The lowest BCUT2D eigenvalue weighted by molar-refractivity contribution is -0.140. The quantitative estimate of drug-likeness (QED) is 0.786. The van der Waals surface area contributed by atoms with Crippen molar-refractivity contribution in [1.29, 1.82) is 0 Å². The normalized spacial score (nSPS) is 12.6. The van der Waals surface area contributed by atoms with Crippen molar-refractivity contribution in [3.8, 4) is 0 Å². The zero-order valence-corrected chi connectivity index (χ0v) is 13.5. The summed E-state index contributed by atoms with van der Waals surface area (Å²) >= 11 is 5.77. The molecule has 22 heavy (non-hydrogen) atoms. The van der Waals surface area contributed by atoms with Gasteiger partial charge in [-0.3, -0.25) is 4.79 Å². The van der Waals surface area contributed by atoms with Crippen molar-refractivity contribution in [3.05, 3.63) is 65.2 Å². The molecule has 0 spiro atoms. The van der Waals surface area contributed by atoms with E-state index in [0.717, 1.165) is 5.56 Å². The number of halogens is 1. The molecular formula is C16H15ClO4S. The van der Waals surface area contributed by atoms with Gasteiger partial charge in [-0.25, -0.2) is 8.42 Å². The predicted molar refractivity (Wildman–Crippen MR) is 84.6 cm³/mol. The number of methoxy groups -OCH3 is 1. The first-order valence-corrected chi connectivity index (χ1v) is 8.49. The van der Waals surface area contributed by atoms with Crippen molar-refractivity contribution < 1.29 is 17.9 Å². The molecule has 0 heterocycles. The number of benzene rings is 2. The van der Waals surface area contributed by atoms with Crippen LogP contribution in [0, 0.1) is 0 Å². The fourth-order valence-corrected chi connectivity index (χ4v) is 3.80. The van der Waals surface area contributed by atoms with Crippen molar-refractivity contribution in [2.24, 2.45) is 0 Å². The number of rotatable bonds is 5. The van der Waals surface area contributed by atoms with Gasteiger partial charge in [0.05, 0.1) is 12.0 Å². The van der Waals surface area contributed by atoms with E-state index in [0.29, 0.717) is 5.02 Å². The Bertz CT molecular complexity index is 739. The summed E-state index contributed by atoms with van der Waals surface area (Å²) in [4.78, 5) is 12.0. The lowest BCUT2D eigenvalue weighted by atomic mass is 10.1. The molecule has 116 valence electrons. The van der Waals surface area contributed by atoms with Crippen LogP contribution >= 0.6 is 11.6 Å². The highest BCUT2D eigenvalue weighted by Crippen LogP contribution is 2.22. The number of carbonyl (C=O) groups is 1. The summed E-state index contributed by atoms with van der Waals surface area (Å²) in [5, 5.41) is -0.863. The molecule has 0 saturated carbocycles. The SMILES string of the molecule is COC(=O)[C@@H](Cc1ccccc1)S(=O)(=O)c1ccc(Cl)cc1. The Morgan fingerprint density at radius 3 is 2.23 bits per heavy atom. The molecule has 0 bridgehead atoms. The number of esters is 1. The van der Waals surface area contributed by atoms with Gasteiger partial charge in [0.25, 0.3) is 0 Å². The summed E-state index contributed by atoms with van der Waals surface area (Å²) in [5.41, 5.74) is 0.746. The minimum Gasteiger partial charge on any atom is -0.468 e. The minimum atomic E-state index is -3.86. The highest BCUT2D eigenvalue weighted by molar-refractivity contribution is 7.92. The largest absolute Gasteiger partial charge is 0.468 e. The highest BCUT2D eigenvalue weighted by atomic mass is 35.5. The number of ether oxygens (including phenoxy) is 1. The molecule has 2 aromatic carbocycles. The Morgan fingerprint density at radius 1 is 1.09 bits per heavy atom. The summed E-state index contributed by atoms with van der Waals surface area (Å²) in [6, 6.07) is 14.7. The topological polar surface area (TPSA) is 60.4 Å². The maximum absolute atomic E-state index is 12.7. The summed E-state index contributed by atoms with van der Waals surface area (Å²) < 4.78 is 30.1. The second kappa shape index (κ2) is 6.94.